The van der Waals surface area contributed by atoms with E-state index >= 15 is 0 Å². The lowest BCUT2D eigenvalue weighted by atomic mass is 10.0. The van der Waals surface area contributed by atoms with Crippen molar-refractivity contribution >= 4 is 19.8 Å². The van der Waals surface area contributed by atoms with Gasteiger partial charge in [-0.25, -0.2) is 4.57 Å². The quantitative estimate of drug-likeness (QED) is 0.0279. The van der Waals surface area contributed by atoms with E-state index in [0.717, 1.165) is 44.9 Å². The Balaban J connectivity index is 3.97. The summed E-state index contributed by atoms with van der Waals surface area (Å²) in [6.07, 6.45) is 42.0. The monoisotopic (exact) mass is 727 g/mol. The predicted octanol–water partition coefficient (Wildman–Crippen LogP) is 12.2. The van der Waals surface area contributed by atoms with E-state index in [1.54, 1.807) is 0 Å². The van der Waals surface area contributed by atoms with Crippen LogP contribution in [0.25, 0.3) is 0 Å². The topological polar surface area (TPSA) is 119 Å². The summed E-state index contributed by atoms with van der Waals surface area (Å²) in [7, 11) is -4.76. The Morgan fingerprint density at radius 2 is 1.02 bits per heavy atom. The van der Waals surface area contributed by atoms with Gasteiger partial charge >= 0.3 is 19.8 Å². The molecule has 2 N–H and O–H groups in total. The van der Waals surface area contributed by atoms with Gasteiger partial charge in [0.2, 0.25) is 0 Å². The number of unbranched alkanes of at least 4 members (excludes halogenated alkanes) is 23. The molecule has 1 atom stereocenters. The maximum absolute atomic E-state index is 12.4. The molecule has 0 aliphatic carbocycles. The molecule has 0 aromatic rings. The molecule has 9 heteroatoms. The molecular formula is C41H75O8P. The zero-order chi connectivity index (χ0) is 36.8. The smallest absolute Gasteiger partial charge is 0.462 e. The van der Waals surface area contributed by atoms with E-state index in [-0.39, 0.29) is 19.4 Å². The van der Waals surface area contributed by atoms with Crippen molar-refractivity contribution < 1.29 is 37.9 Å². The minimum Gasteiger partial charge on any atom is -0.462 e. The summed E-state index contributed by atoms with van der Waals surface area (Å²) >= 11 is 0. The van der Waals surface area contributed by atoms with Crippen LogP contribution in [0.4, 0.5) is 0 Å². The van der Waals surface area contributed by atoms with E-state index in [0.29, 0.717) is 6.42 Å². The molecule has 0 aromatic carbocycles. The van der Waals surface area contributed by atoms with Crippen LogP contribution in [0.2, 0.25) is 0 Å². The van der Waals surface area contributed by atoms with E-state index in [1.165, 1.54) is 122 Å². The number of carbonyl (C=O) groups is 2. The van der Waals surface area contributed by atoms with Gasteiger partial charge in [-0.2, -0.15) is 0 Å². The number of esters is 2. The molecule has 0 rings (SSSR count). The van der Waals surface area contributed by atoms with Crippen molar-refractivity contribution in [1.82, 2.24) is 0 Å². The number of allylic oxidation sites excluding steroid dienone is 5. The summed E-state index contributed by atoms with van der Waals surface area (Å²) in [5.74, 6) is -0.937. The summed E-state index contributed by atoms with van der Waals surface area (Å²) < 4.78 is 26.3. The first-order valence-corrected chi connectivity index (χ1v) is 21.8. The first-order chi connectivity index (χ1) is 24.3. The highest BCUT2D eigenvalue weighted by atomic mass is 31.2. The van der Waals surface area contributed by atoms with Crippen LogP contribution in [-0.2, 0) is 28.2 Å². The minimum atomic E-state index is -4.76. The van der Waals surface area contributed by atoms with Crippen molar-refractivity contribution in [2.75, 3.05) is 13.2 Å². The van der Waals surface area contributed by atoms with Crippen LogP contribution in [0.3, 0.4) is 0 Å². The average Bonchev–Trinajstić information content (AvgIpc) is 3.08. The number of phosphoric ester groups is 1. The standard InChI is InChI=1S/C41H75O8P/c1-3-5-7-9-11-13-15-17-19-20-22-24-26-28-30-32-34-36-41(43)49-39(38-48-50(44,45)46)37-47-40(42)35-33-31-29-27-25-23-21-18-16-14-12-10-8-6-4-2/h4,22,24,28,30,39H,2-3,5-21,23,25-27,29,31-38H2,1H3,(H2,44,45,46)/b24-22+,30-28+/t39-/m1/s1. The van der Waals surface area contributed by atoms with Crippen LogP contribution in [0.5, 0.6) is 0 Å². The molecule has 0 saturated carbocycles. The van der Waals surface area contributed by atoms with Crippen LogP contribution in [0, 0.1) is 0 Å². The van der Waals surface area contributed by atoms with Gasteiger partial charge in [0.1, 0.15) is 6.61 Å². The van der Waals surface area contributed by atoms with Gasteiger partial charge in [0.05, 0.1) is 6.61 Å². The molecule has 0 unspecified atom stereocenters. The van der Waals surface area contributed by atoms with E-state index in [2.05, 4.69) is 36.3 Å². The molecule has 0 aliphatic rings. The third-order valence-electron chi connectivity index (χ3n) is 8.78. The normalized spacial score (nSPS) is 12.5. The molecule has 0 aromatic heterocycles. The molecule has 0 saturated heterocycles. The van der Waals surface area contributed by atoms with Crippen molar-refractivity contribution in [1.29, 1.82) is 0 Å². The summed E-state index contributed by atoms with van der Waals surface area (Å²) in [4.78, 5) is 42.7. The number of phosphoric acid groups is 1. The Kier molecular flexibility index (Phi) is 35.8. The summed E-state index contributed by atoms with van der Waals surface area (Å²) in [6.45, 7) is 5.17. The van der Waals surface area contributed by atoms with Crippen molar-refractivity contribution in [3.05, 3.63) is 37.0 Å². The Morgan fingerprint density at radius 3 is 1.52 bits per heavy atom. The van der Waals surface area contributed by atoms with Gasteiger partial charge in [-0.1, -0.05) is 159 Å². The lowest BCUT2D eigenvalue weighted by Gasteiger charge is -2.18. The molecule has 0 fully saturated rings. The van der Waals surface area contributed by atoms with Crippen LogP contribution in [0.15, 0.2) is 37.0 Å². The largest absolute Gasteiger partial charge is 0.469 e. The summed E-state index contributed by atoms with van der Waals surface area (Å²) in [5, 5.41) is 0. The van der Waals surface area contributed by atoms with Gasteiger partial charge in [-0.05, 0) is 51.4 Å². The molecule has 0 aliphatic heterocycles. The van der Waals surface area contributed by atoms with E-state index in [4.69, 9.17) is 19.3 Å². The second-order valence-electron chi connectivity index (χ2n) is 13.7. The lowest BCUT2D eigenvalue weighted by Crippen LogP contribution is -2.29. The fourth-order valence-electron chi connectivity index (χ4n) is 5.75. The molecule has 8 nitrogen and oxygen atoms in total. The second kappa shape index (κ2) is 37.0. The van der Waals surface area contributed by atoms with Gasteiger partial charge in [-0.3, -0.25) is 14.1 Å². The third-order valence-corrected chi connectivity index (χ3v) is 9.26. The Bertz CT molecular complexity index is 897. The van der Waals surface area contributed by atoms with Crippen molar-refractivity contribution in [3.8, 4) is 0 Å². The molecule has 0 amide bonds. The number of rotatable bonds is 38. The summed E-state index contributed by atoms with van der Waals surface area (Å²) in [6, 6.07) is 0. The average molecular weight is 727 g/mol. The van der Waals surface area contributed by atoms with Crippen LogP contribution in [0.1, 0.15) is 193 Å². The second-order valence-corrected chi connectivity index (χ2v) is 14.9. The van der Waals surface area contributed by atoms with Crippen LogP contribution < -0.4 is 0 Å². The van der Waals surface area contributed by atoms with Gasteiger partial charge in [0.15, 0.2) is 6.10 Å². The highest BCUT2D eigenvalue weighted by molar-refractivity contribution is 7.46. The molecule has 0 radical (unpaired) electrons. The fourth-order valence-corrected chi connectivity index (χ4v) is 6.11. The van der Waals surface area contributed by atoms with Crippen LogP contribution in [-0.4, -0.2) is 41.0 Å². The fraction of sp³-hybridized carbons (Fsp3) is 0.805. The number of hydrogen-bond donors (Lipinski definition) is 2. The van der Waals surface area contributed by atoms with Gasteiger partial charge in [0, 0.05) is 12.8 Å². The number of ether oxygens (including phenoxy) is 2. The zero-order valence-corrected chi connectivity index (χ0v) is 32.8. The SMILES string of the molecule is C=CCCCCCCCCCCCCCCCC(=O)OC[C@H](COP(=O)(O)O)OC(=O)CCC/C=C/C/C=C/CCCCCCCCCCC. The molecule has 0 heterocycles. The van der Waals surface area contributed by atoms with Gasteiger partial charge in [-0.15, -0.1) is 6.58 Å². The zero-order valence-electron chi connectivity index (χ0n) is 31.9. The molecule has 292 valence electrons. The Labute approximate surface area is 306 Å². The highest BCUT2D eigenvalue weighted by Gasteiger charge is 2.22. The first-order valence-electron chi connectivity index (χ1n) is 20.2. The highest BCUT2D eigenvalue weighted by Crippen LogP contribution is 2.36. The maximum Gasteiger partial charge on any atom is 0.469 e. The number of carbonyl (C=O) groups excluding carboxylic acids is 2. The van der Waals surface area contributed by atoms with Crippen molar-refractivity contribution in [3.63, 3.8) is 0 Å². The summed E-state index contributed by atoms with van der Waals surface area (Å²) in [5.41, 5.74) is 0. The van der Waals surface area contributed by atoms with Crippen molar-refractivity contribution in [2.45, 2.75) is 199 Å². The van der Waals surface area contributed by atoms with Crippen molar-refractivity contribution in [2.24, 2.45) is 0 Å². The van der Waals surface area contributed by atoms with Gasteiger partial charge in [0.25, 0.3) is 0 Å². The maximum atomic E-state index is 12.4. The Morgan fingerprint density at radius 1 is 0.580 bits per heavy atom. The first kappa shape index (κ1) is 48.3. The van der Waals surface area contributed by atoms with E-state index < -0.39 is 32.5 Å². The molecule has 0 bridgehead atoms. The molecule has 0 spiro atoms. The minimum absolute atomic E-state index is 0.148. The third kappa shape index (κ3) is 39.1. The van der Waals surface area contributed by atoms with Gasteiger partial charge < -0.3 is 19.3 Å². The number of hydrogen-bond acceptors (Lipinski definition) is 6. The van der Waals surface area contributed by atoms with Crippen LogP contribution >= 0.6 is 7.82 Å². The van der Waals surface area contributed by atoms with E-state index in [9.17, 15) is 14.2 Å². The van der Waals surface area contributed by atoms with E-state index in [1.807, 2.05) is 12.2 Å². The lowest BCUT2D eigenvalue weighted by molar-refractivity contribution is -0.161. The Hall–Kier alpha value is -1.73. The molecule has 50 heavy (non-hydrogen) atoms. The molecular weight excluding hydrogens is 651 g/mol. The predicted molar refractivity (Wildman–Crippen MR) is 207 cm³/mol.